The van der Waals surface area contributed by atoms with Gasteiger partial charge in [-0.05, 0) is 44.3 Å². The van der Waals surface area contributed by atoms with E-state index in [2.05, 4.69) is 37.5 Å². The number of ketones is 1. The van der Waals surface area contributed by atoms with E-state index in [9.17, 15) is 4.79 Å². The van der Waals surface area contributed by atoms with E-state index in [4.69, 9.17) is 0 Å². The van der Waals surface area contributed by atoms with Gasteiger partial charge >= 0.3 is 0 Å². The molecule has 1 saturated carbocycles. The summed E-state index contributed by atoms with van der Waals surface area (Å²) in [7, 11) is 0. The van der Waals surface area contributed by atoms with Crippen LogP contribution < -0.4 is 0 Å². The van der Waals surface area contributed by atoms with Crippen LogP contribution in [-0.2, 0) is 4.79 Å². The van der Waals surface area contributed by atoms with E-state index in [1.54, 1.807) is 0 Å². The van der Waals surface area contributed by atoms with E-state index in [-0.39, 0.29) is 5.92 Å². The van der Waals surface area contributed by atoms with Crippen molar-refractivity contribution >= 4 is 5.78 Å². The van der Waals surface area contributed by atoms with Gasteiger partial charge in [0.2, 0.25) is 0 Å². The maximum atomic E-state index is 12.2. The van der Waals surface area contributed by atoms with Crippen molar-refractivity contribution < 1.29 is 4.79 Å². The molecule has 1 aliphatic heterocycles. The fourth-order valence-corrected chi connectivity index (χ4v) is 4.04. The van der Waals surface area contributed by atoms with Crippen molar-refractivity contribution in [2.24, 2.45) is 11.3 Å². The van der Waals surface area contributed by atoms with Crippen molar-refractivity contribution in [1.82, 2.24) is 9.80 Å². The van der Waals surface area contributed by atoms with Crippen molar-refractivity contribution in [2.45, 2.75) is 59.4 Å². The van der Waals surface area contributed by atoms with Crippen LogP contribution in [0.2, 0.25) is 0 Å². The van der Waals surface area contributed by atoms with E-state index in [1.807, 2.05) is 0 Å². The molecule has 0 aromatic heterocycles. The Hall–Kier alpha value is -0.410. The summed E-state index contributed by atoms with van der Waals surface area (Å²) in [5, 5.41) is 0. The minimum absolute atomic E-state index is 0.286. The highest BCUT2D eigenvalue weighted by Crippen LogP contribution is 2.37. The average Bonchev–Trinajstić information content (AvgIpc) is 2.84. The zero-order chi connectivity index (χ0) is 14.8. The number of likely N-dealkylation sites (tertiary alicyclic amines) is 1. The third-order valence-corrected chi connectivity index (χ3v) is 5.36. The number of hydrogen-bond donors (Lipinski definition) is 0. The number of Topliss-reactive ketones (excluding diaryl/α,β-unsaturated/α-hetero) is 1. The lowest BCUT2D eigenvalue weighted by molar-refractivity contribution is -0.127. The number of carbonyl (C=O) groups is 1. The van der Waals surface area contributed by atoms with Crippen LogP contribution >= 0.6 is 0 Å². The number of hydrogen-bond acceptors (Lipinski definition) is 3. The Bertz CT molecular complexity index is 336. The van der Waals surface area contributed by atoms with Crippen LogP contribution in [0.5, 0.6) is 0 Å². The molecule has 2 atom stereocenters. The minimum Gasteiger partial charge on any atom is -0.301 e. The van der Waals surface area contributed by atoms with Gasteiger partial charge in [-0.2, -0.15) is 0 Å². The lowest BCUT2D eigenvalue weighted by Gasteiger charge is -2.36. The van der Waals surface area contributed by atoms with Crippen LogP contribution in [0.25, 0.3) is 0 Å². The third-order valence-electron chi connectivity index (χ3n) is 5.36. The largest absolute Gasteiger partial charge is 0.301 e. The summed E-state index contributed by atoms with van der Waals surface area (Å²) < 4.78 is 0. The Labute approximate surface area is 124 Å². The molecule has 0 amide bonds. The first-order chi connectivity index (χ1) is 9.45. The predicted molar refractivity (Wildman–Crippen MR) is 83.9 cm³/mol. The highest BCUT2D eigenvalue weighted by Gasteiger charge is 2.36. The van der Waals surface area contributed by atoms with E-state index in [0.29, 0.717) is 17.2 Å². The molecule has 0 N–H and O–H groups in total. The summed E-state index contributed by atoms with van der Waals surface area (Å²) in [6.07, 6.45) is 4.22. The summed E-state index contributed by atoms with van der Waals surface area (Å²) in [6, 6.07) is 0.705. The van der Waals surface area contributed by atoms with Gasteiger partial charge in [-0.25, -0.2) is 0 Å². The topological polar surface area (TPSA) is 23.6 Å². The van der Waals surface area contributed by atoms with Crippen LogP contribution in [0.4, 0.5) is 0 Å². The normalized spacial score (nSPS) is 31.1. The molecule has 1 heterocycles. The molecular weight excluding hydrogens is 248 g/mol. The molecule has 0 radical (unpaired) electrons. The van der Waals surface area contributed by atoms with Crippen molar-refractivity contribution in [1.29, 1.82) is 0 Å². The van der Waals surface area contributed by atoms with Gasteiger partial charge < -0.3 is 4.90 Å². The third kappa shape index (κ3) is 3.82. The Morgan fingerprint density at radius 2 is 2.00 bits per heavy atom. The highest BCUT2D eigenvalue weighted by molar-refractivity contribution is 5.82. The van der Waals surface area contributed by atoms with Crippen molar-refractivity contribution in [3.63, 3.8) is 0 Å². The summed E-state index contributed by atoms with van der Waals surface area (Å²) in [5.74, 6) is 0.796. The first-order valence-corrected chi connectivity index (χ1v) is 8.44. The summed E-state index contributed by atoms with van der Waals surface area (Å²) >= 11 is 0. The summed E-state index contributed by atoms with van der Waals surface area (Å²) in [5.41, 5.74) is 0.358. The maximum Gasteiger partial charge on any atom is 0.137 e. The van der Waals surface area contributed by atoms with Crippen LogP contribution in [-0.4, -0.2) is 54.3 Å². The molecule has 3 heteroatoms. The van der Waals surface area contributed by atoms with Gasteiger partial charge in [0.05, 0.1) is 0 Å². The number of carbonyl (C=O) groups excluding carboxylic acids is 1. The van der Waals surface area contributed by atoms with Gasteiger partial charge in [-0.3, -0.25) is 9.69 Å². The standard InChI is InChI=1S/C17H32N2O/c1-5-19(6-2)15-8-10-18(13-15)12-14-11-17(3,4)9-7-16(14)20/h14-15H,5-13H2,1-4H3. The Morgan fingerprint density at radius 1 is 1.30 bits per heavy atom. The molecule has 20 heavy (non-hydrogen) atoms. The molecule has 0 aromatic carbocycles. The van der Waals surface area contributed by atoms with Gasteiger partial charge in [0.1, 0.15) is 5.78 Å². The van der Waals surface area contributed by atoms with Crippen molar-refractivity contribution in [3.05, 3.63) is 0 Å². The zero-order valence-corrected chi connectivity index (χ0v) is 13.8. The molecular formula is C17H32N2O. The average molecular weight is 280 g/mol. The quantitative estimate of drug-likeness (QED) is 0.773. The second-order valence-corrected chi connectivity index (χ2v) is 7.45. The van der Waals surface area contributed by atoms with Gasteiger partial charge in [-0.1, -0.05) is 27.7 Å². The monoisotopic (exact) mass is 280 g/mol. The zero-order valence-electron chi connectivity index (χ0n) is 13.8. The van der Waals surface area contributed by atoms with E-state index >= 15 is 0 Å². The molecule has 2 fully saturated rings. The fraction of sp³-hybridized carbons (Fsp3) is 0.941. The first-order valence-electron chi connectivity index (χ1n) is 8.44. The molecule has 3 nitrogen and oxygen atoms in total. The van der Waals surface area contributed by atoms with Crippen LogP contribution in [0, 0.1) is 11.3 Å². The molecule has 1 aliphatic carbocycles. The Kier molecular flexibility index (Phi) is 5.25. The van der Waals surface area contributed by atoms with Gasteiger partial charge in [-0.15, -0.1) is 0 Å². The van der Waals surface area contributed by atoms with Gasteiger partial charge in [0.15, 0.2) is 0 Å². The van der Waals surface area contributed by atoms with Gasteiger partial charge in [0, 0.05) is 31.5 Å². The molecule has 2 aliphatic rings. The predicted octanol–water partition coefficient (Wildman–Crippen LogP) is 2.80. The Balaban J connectivity index is 1.86. The van der Waals surface area contributed by atoms with E-state index in [0.717, 1.165) is 45.4 Å². The lowest BCUT2D eigenvalue weighted by Crippen LogP contribution is -2.41. The van der Waals surface area contributed by atoms with Crippen LogP contribution in [0.1, 0.15) is 53.4 Å². The second-order valence-electron chi connectivity index (χ2n) is 7.45. The summed E-state index contributed by atoms with van der Waals surface area (Å²) in [4.78, 5) is 17.3. The van der Waals surface area contributed by atoms with Crippen LogP contribution in [0.15, 0.2) is 0 Å². The lowest BCUT2D eigenvalue weighted by atomic mass is 9.71. The van der Waals surface area contributed by atoms with Gasteiger partial charge in [0.25, 0.3) is 0 Å². The molecule has 0 aromatic rings. The molecule has 2 unspecified atom stereocenters. The molecule has 1 saturated heterocycles. The highest BCUT2D eigenvalue weighted by atomic mass is 16.1. The maximum absolute atomic E-state index is 12.2. The molecule has 0 bridgehead atoms. The van der Waals surface area contributed by atoms with Crippen molar-refractivity contribution in [3.8, 4) is 0 Å². The number of nitrogens with zero attached hydrogens (tertiary/aromatic N) is 2. The summed E-state index contributed by atoms with van der Waals surface area (Å²) in [6.45, 7) is 14.7. The molecule has 0 spiro atoms. The van der Waals surface area contributed by atoms with Crippen LogP contribution in [0.3, 0.4) is 0 Å². The van der Waals surface area contributed by atoms with E-state index < -0.39 is 0 Å². The fourth-order valence-electron chi connectivity index (χ4n) is 4.04. The molecule has 2 rings (SSSR count). The molecule has 116 valence electrons. The SMILES string of the molecule is CCN(CC)C1CCN(CC2CC(C)(C)CCC2=O)C1. The number of likely N-dealkylation sites (N-methyl/N-ethyl adjacent to an activating group) is 1. The van der Waals surface area contributed by atoms with Crippen molar-refractivity contribution in [2.75, 3.05) is 32.7 Å². The minimum atomic E-state index is 0.286. The first kappa shape index (κ1) is 16.0. The second kappa shape index (κ2) is 6.57. The number of rotatable bonds is 5. The smallest absolute Gasteiger partial charge is 0.137 e. The van der Waals surface area contributed by atoms with E-state index in [1.165, 1.54) is 13.0 Å². The Morgan fingerprint density at radius 3 is 2.65 bits per heavy atom.